The van der Waals surface area contributed by atoms with Crippen molar-refractivity contribution in [2.24, 2.45) is 0 Å². The fourth-order valence-electron chi connectivity index (χ4n) is 0.701. The van der Waals surface area contributed by atoms with Crippen LogP contribution in [0.4, 0.5) is 0 Å². The molecular weight excluding hydrogens is 190 g/mol. The van der Waals surface area contributed by atoms with E-state index in [1.807, 2.05) is 0 Å². The van der Waals surface area contributed by atoms with Gasteiger partial charge in [-0.1, -0.05) is 15.9 Å². The molecule has 1 heterocycles. The summed E-state index contributed by atoms with van der Waals surface area (Å²) in [7, 11) is 0. The van der Waals surface area contributed by atoms with Crippen LogP contribution in [0.25, 0.3) is 0 Å². The summed E-state index contributed by atoms with van der Waals surface area (Å²) < 4.78 is 38.4. The third-order valence-electron chi connectivity index (χ3n) is 1.23. The zero-order valence-corrected chi connectivity index (χ0v) is 6.64. The molecule has 0 aliphatic heterocycles. The summed E-state index contributed by atoms with van der Waals surface area (Å²) in [4.78, 5) is 3.87. The summed E-state index contributed by atoms with van der Waals surface area (Å²) in [5, 5.41) is 0. The fraction of sp³-hybridized carbons (Fsp3) is 0.375. The smallest absolute Gasteiger partial charge is 0.0445 e. The van der Waals surface area contributed by atoms with Gasteiger partial charge in [-0.05, 0) is 24.9 Å². The van der Waals surface area contributed by atoms with Gasteiger partial charge < -0.3 is 0 Å². The van der Waals surface area contributed by atoms with Crippen LogP contribution in [-0.4, -0.2) is 4.98 Å². The van der Waals surface area contributed by atoms with Crippen LogP contribution in [0.3, 0.4) is 0 Å². The second-order valence-corrected chi connectivity index (χ2v) is 2.90. The quantitative estimate of drug-likeness (QED) is 0.683. The first kappa shape index (κ1) is 2.94. The first-order valence-electron chi connectivity index (χ1n) is 5.37. The van der Waals surface area contributed by atoms with Gasteiger partial charge >= 0.3 is 0 Å². The molecule has 0 saturated heterocycles. The van der Waals surface area contributed by atoms with Crippen LogP contribution in [-0.2, 0) is 0 Å². The topological polar surface area (TPSA) is 12.9 Å². The Morgan fingerprint density at radius 1 is 1.80 bits per heavy atom. The maximum Gasteiger partial charge on any atom is 0.0445 e. The second kappa shape index (κ2) is 2.35. The van der Waals surface area contributed by atoms with Crippen molar-refractivity contribution in [3.05, 3.63) is 28.5 Å². The molecule has 1 aliphatic carbocycles. The average molecular weight is 203 g/mol. The maximum absolute atomic E-state index is 7.85. The van der Waals surface area contributed by atoms with E-state index in [9.17, 15) is 0 Å². The second-order valence-electron chi connectivity index (χ2n) is 1.98. The minimum absolute atomic E-state index is 0.117. The van der Waals surface area contributed by atoms with E-state index in [0.717, 1.165) is 0 Å². The summed E-state index contributed by atoms with van der Waals surface area (Å²) >= 11 is 3.19. The van der Waals surface area contributed by atoms with Crippen LogP contribution in [0.5, 0.6) is 0 Å². The van der Waals surface area contributed by atoms with Crippen molar-refractivity contribution >= 4 is 15.9 Å². The molecule has 1 fully saturated rings. The molecule has 0 bridgehead atoms. The molecule has 2 heteroatoms. The van der Waals surface area contributed by atoms with Crippen molar-refractivity contribution in [2.45, 2.75) is 18.6 Å². The van der Waals surface area contributed by atoms with E-state index in [1.54, 1.807) is 6.07 Å². The molecule has 1 nitrogen and oxygen atoms in total. The lowest BCUT2D eigenvalue weighted by Crippen LogP contribution is -1.83. The number of halogens is 1. The van der Waals surface area contributed by atoms with Gasteiger partial charge in [-0.25, -0.2) is 0 Å². The maximum atomic E-state index is 7.85. The molecule has 0 unspecified atom stereocenters. The van der Waals surface area contributed by atoms with Crippen LogP contribution in [0.15, 0.2) is 22.8 Å². The van der Waals surface area contributed by atoms with Gasteiger partial charge in [-0.15, -0.1) is 0 Å². The standard InChI is InChI=1S/C8H8BrN/c9-7-3-4-10-8(5-7)6-1-2-6/h3-6H,1-2H2/i1D2,2D2,6D. The summed E-state index contributed by atoms with van der Waals surface area (Å²) in [6, 6.07) is 3.13. The number of rotatable bonds is 1. The fourth-order valence-corrected chi connectivity index (χ4v) is 1.04. The molecule has 1 saturated carbocycles. The summed E-state index contributed by atoms with van der Waals surface area (Å²) in [5.74, 6) is -1.90. The third kappa shape index (κ3) is 1.21. The predicted octanol–water partition coefficient (Wildman–Crippen LogP) is 2.72. The van der Waals surface area contributed by atoms with Crippen LogP contribution in [0.2, 0.25) is 0 Å². The predicted molar refractivity (Wildman–Crippen MR) is 43.9 cm³/mol. The lowest BCUT2D eigenvalue weighted by atomic mass is 10.3. The van der Waals surface area contributed by atoms with Crippen molar-refractivity contribution < 1.29 is 6.85 Å². The molecule has 0 aromatic carbocycles. The van der Waals surface area contributed by atoms with E-state index in [4.69, 9.17) is 6.85 Å². The average Bonchev–Trinajstić information content (AvgIpc) is 2.45. The van der Waals surface area contributed by atoms with Crippen molar-refractivity contribution in [3.63, 3.8) is 0 Å². The Balaban J connectivity index is 2.51. The highest BCUT2D eigenvalue weighted by Crippen LogP contribution is 2.39. The molecular formula is C8H8BrN. The Morgan fingerprint density at radius 2 is 2.60 bits per heavy atom. The number of nitrogens with zero attached hydrogens (tertiary/aromatic N) is 1. The lowest BCUT2D eigenvalue weighted by molar-refractivity contribution is 1.02. The minimum Gasteiger partial charge on any atom is -0.261 e. The molecule has 1 aromatic rings. The van der Waals surface area contributed by atoms with E-state index in [1.165, 1.54) is 12.3 Å². The van der Waals surface area contributed by atoms with Gasteiger partial charge in [-0.3, -0.25) is 4.98 Å². The number of hydrogen-bond acceptors (Lipinski definition) is 1. The molecule has 0 atom stereocenters. The van der Waals surface area contributed by atoms with Crippen LogP contribution in [0.1, 0.15) is 31.2 Å². The normalized spacial score (nSPS) is 37.9. The molecule has 0 radical (unpaired) electrons. The first-order valence-corrected chi connectivity index (χ1v) is 3.66. The molecule has 0 spiro atoms. The van der Waals surface area contributed by atoms with Crippen LogP contribution in [0, 0.1) is 0 Å². The van der Waals surface area contributed by atoms with Gasteiger partial charge in [0.2, 0.25) is 0 Å². The van der Waals surface area contributed by atoms with Crippen molar-refractivity contribution in [1.82, 2.24) is 4.98 Å². The monoisotopic (exact) mass is 202 g/mol. The molecule has 2 rings (SSSR count). The van der Waals surface area contributed by atoms with E-state index < -0.39 is 18.6 Å². The zero-order valence-electron chi connectivity index (χ0n) is 10.1. The van der Waals surface area contributed by atoms with Gasteiger partial charge in [-0.2, -0.15) is 0 Å². The lowest BCUT2D eigenvalue weighted by Gasteiger charge is -1.94. The number of aromatic nitrogens is 1. The van der Waals surface area contributed by atoms with Crippen molar-refractivity contribution in [1.29, 1.82) is 0 Å². The van der Waals surface area contributed by atoms with Crippen molar-refractivity contribution in [3.8, 4) is 0 Å². The Hall–Kier alpha value is -0.370. The highest BCUT2D eigenvalue weighted by molar-refractivity contribution is 9.10. The van der Waals surface area contributed by atoms with E-state index in [0.29, 0.717) is 4.47 Å². The molecule has 0 amide bonds. The minimum atomic E-state index is -2.19. The molecule has 0 N–H and O–H groups in total. The van der Waals surface area contributed by atoms with Gasteiger partial charge in [0, 0.05) is 29.1 Å². The van der Waals surface area contributed by atoms with Gasteiger partial charge in [0.25, 0.3) is 0 Å². The Labute approximate surface area is 75.6 Å². The third-order valence-corrected chi connectivity index (χ3v) is 1.72. The largest absolute Gasteiger partial charge is 0.261 e. The van der Waals surface area contributed by atoms with Crippen LogP contribution < -0.4 is 0 Å². The van der Waals surface area contributed by atoms with Gasteiger partial charge in [0.1, 0.15) is 0 Å². The van der Waals surface area contributed by atoms with Gasteiger partial charge in [0.05, 0.1) is 0 Å². The number of hydrogen-bond donors (Lipinski definition) is 0. The Kier molecular flexibility index (Phi) is 0.689. The van der Waals surface area contributed by atoms with E-state index >= 15 is 0 Å². The SMILES string of the molecule is [2H]C1([2H])C([2H])([2H])C1([2H])c1cc(Br)ccn1. The van der Waals surface area contributed by atoms with Gasteiger partial charge in [0.15, 0.2) is 0 Å². The summed E-state index contributed by atoms with van der Waals surface area (Å²) in [5.41, 5.74) is 0.117. The van der Waals surface area contributed by atoms with Crippen molar-refractivity contribution in [2.75, 3.05) is 0 Å². The molecule has 1 aliphatic rings. The number of pyridine rings is 1. The Bertz CT molecular complexity index is 405. The Morgan fingerprint density at radius 3 is 3.20 bits per heavy atom. The highest BCUT2D eigenvalue weighted by Gasteiger charge is 2.24. The van der Waals surface area contributed by atoms with E-state index in [-0.39, 0.29) is 5.69 Å². The summed E-state index contributed by atoms with van der Waals surface area (Å²) in [6.45, 7) is 0. The molecule has 52 valence electrons. The molecule has 1 aromatic heterocycles. The summed E-state index contributed by atoms with van der Waals surface area (Å²) in [6.07, 6.45) is -2.94. The molecule has 10 heavy (non-hydrogen) atoms. The van der Waals surface area contributed by atoms with Crippen LogP contribution >= 0.6 is 15.9 Å². The zero-order chi connectivity index (χ0) is 11.5. The van der Waals surface area contributed by atoms with E-state index in [2.05, 4.69) is 20.9 Å². The first-order chi connectivity index (χ1) is 6.75. The highest BCUT2D eigenvalue weighted by atomic mass is 79.9.